The highest BCUT2D eigenvalue weighted by molar-refractivity contribution is 5.75. The van der Waals surface area contributed by atoms with Gasteiger partial charge < -0.3 is 10.1 Å². The van der Waals surface area contributed by atoms with Crippen molar-refractivity contribution >= 4 is 11.6 Å². The van der Waals surface area contributed by atoms with Crippen molar-refractivity contribution in [1.29, 1.82) is 0 Å². The zero-order chi connectivity index (χ0) is 19.9. The second-order valence-corrected chi connectivity index (χ2v) is 5.95. The Morgan fingerprint density at radius 3 is 2.39 bits per heavy atom. The van der Waals surface area contributed by atoms with Gasteiger partial charge in [0.1, 0.15) is 29.7 Å². The van der Waals surface area contributed by atoms with Crippen molar-refractivity contribution < 1.29 is 18.8 Å². The molecule has 0 atom stereocenters. The van der Waals surface area contributed by atoms with E-state index in [1.54, 1.807) is 12.1 Å². The number of halogens is 1. The molecule has 1 aromatic heterocycles. The van der Waals surface area contributed by atoms with Crippen molar-refractivity contribution in [3.05, 3.63) is 82.4 Å². The van der Waals surface area contributed by atoms with Gasteiger partial charge in [-0.2, -0.15) is 5.10 Å². The molecule has 0 saturated carbocycles. The monoisotopic (exact) mass is 384 g/mol. The van der Waals surface area contributed by atoms with Crippen molar-refractivity contribution in [2.24, 2.45) is 0 Å². The van der Waals surface area contributed by atoms with E-state index in [9.17, 15) is 19.3 Å². The number of hydrogen-bond donors (Lipinski definition) is 1. The average molecular weight is 384 g/mol. The molecule has 3 rings (SSSR count). The highest BCUT2D eigenvalue weighted by Gasteiger charge is 2.10. The van der Waals surface area contributed by atoms with Gasteiger partial charge in [0.25, 0.3) is 0 Å². The van der Waals surface area contributed by atoms with Gasteiger partial charge in [-0.15, -0.1) is 0 Å². The maximum absolute atomic E-state index is 12.9. The van der Waals surface area contributed by atoms with Gasteiger partial charge in [0, 0.05) is 19.5 Å². The van der Waals surface area contributed by atoms with Crippen LogP contribution in [0.15, 0.2) is 60.9 Å². The lowest BCUT2D eigenvalue weighted by atomic mass is 10.2. The molecular formula is C19H17FN4O4. The third-order valence-corrected chi connectivity index (χ3v) is 3.86. The van der Waals surface area contributed by atoms with Crippen molar-refractivity contribution in [2.45, 2.75) is 19.5 Å². The Balaban J connectivity index is 1.44. The van der Waals surface area contributed by atoms with E-state index >= 15 is 0 Å². The molecule has 0 fully saturated rings. The number of carbonyl (C=O) groups excluding carboxylic acids is 1. The molecule has 0 radical (unpaired) electrons. The molecule has 0 saturated heterocycles. The molecule has 1 N–H and O–H groups in total. The maximum Gasteiger partial charge on any atom is 0.306 e. The highest BCUT2D eigenvalue weighted by atomic mass is 19.1. The van der Waals surface area contributed by atoms with Crippen molar-refractivity contribution in [1.82, 2.24) is 15.1 Å². The number of benzene rings is 2. The van der Waals surface area contributed by atoms with Crippen LogP contribution in [0.1, 0.15) is 12.0 Å². The van der Waals surface area contributed by atoms with Crippen molar-refractivity contribution in [3.8, 4) is 11.5 Å². The molecule has 0 spiro atoms. The molecule has 28 heavy (non-hydrogen) atoms. The standard InChI is InChI=1S/C19H17FN4O4/c20-15-3-7-18(8-4-15)28-17-5-1-14(2-6-17)11-21-19(25)9-10-23-13-16(12-22-23)24(26)27/h1-8,12-13H,9-11H2,(H,21,25). The smallest absolute Gasteiger partial charge is 0.306 e. The molecular weight excluding hydrogens is 367 g/mol. The molecule has 0 aliphatic heterocycles. The van der Waals surface area contributed by atoms with Crippen LogP contribution in [0.5, 0.6) is 11.5 Å². The number of carbonyl (C=O) groups is 1. The fourth-order valence-electron chi connectivity index (χ4n) is 2.39. The minimum absolute atomic E-state index is 0.108. The fourth-order valence-corrected chi connectivity index (χ4v) is 2.39. The number of hydrogen-bond acceptors (Lipinski definition) is 5. The number of nitro groups is 1. The zero-order valence-electron chi connectivity index (χ0n) is 14.7. The summed E-state index contributed by atoms with van der Waals surface area (Å²) < 4.78 is 19.9. The van der Waals surface area contributed by atoms with Gasteiger partial charge in [0.2, 0.25) is 5.91 Å². The van der Waals surface area contributed by atoms with Crippen LogP contribution in [0, 0.1) is 15.9 Å². The van der Waals surface area contributed by atoms with E-state index in [-0.39, 0.29) is 30.4 Å². The number of nitrogens with one attached hydrogen (secondary N) is 1. The molecule has 1 heterocycles. The van der Waals surface area contributed by atoms with Gasteiger partial charge in [0.05, 0.1) is 4.92 Å². The molecule has 9 heteroatoms. The summed E-state index contributed by atoms with van der Waals surface area (Å²) in [7, 11) is 0. The summed E-state index contributed by atoms with van der Waals surface area (Å²) in [4.78, 5) is 22.0. The van der Waals surface area contributed by atoms with Gasteiger partial charge >= 0.3 is 5.69 Å². The number of ether oxygens (including phenoxy) is 1. The number of aryl methyl sites for hydroxylation is 1. The van der Waals surface area contributed by atoms with Crippen LogP contribution in [0.25, 0.3) is 0 Å². The molecule has 2 aromatic carbocycles. The average Bonchev–Trinajstić information content (AvgIpc) is 3.17. The Kier molecular flexibility index (Phi) is 5.95. The van der Waals surface area contributed by atoms with Gasteiger partial charge in [-0.1, -0.05) is 12.1 Å². The quantitative estimate of drug-likeness (QED) is 0.474. The molecule has 0 bridgehead atoms. The predicted molar refractivity (Wildman–Crippen MR) is 98.3 cm³/mol. The summed E-state index contributed by atoms with van der Waals surface area (Å²) in [5.74, 6) is 0.609. The summed E-state index contributed by atoms with van der Waals surface area (Å²) in [5.41, 5.74) is 0.776. The molecule has 0 unspecified atom stereocenters. The third-order valence-electron chi connectivity index (χ3n) is 3.86. The van der Waals surface area contributed by atoms with E-state index in [1.165, 1.54) is 35.1 Å². The lowest BCUT2D eigenvalue weighted by Gasteiger charge is -2.08. The van der Waals surface area contributed by atoms with Crippen molar-refractivity contribution in [2.75, 3.05) is 0 Å². The zero-order valence-corrected chi connectivity index (χ0v) is 14.7. The van der Waals surface area contributed by atoms with E-state index in [4.69, 9.17) is 4.74 Å². The van der Waals surface area contributed by atoms with Crippen LogP contribution in [-0.4, -0.2) is 20.6 Å². The maximum atomic E-state index is 12.9. The van der Waals surface area contributed by atoms with E-state index < -0.39 is 4.92 Å². The Morgan fingerprint density at radius 2 is 1.79 bits per heavy atom. The van der Waals surface area contributed by atoms with Crippen LogP contribution in [0.4, 0.5) is 10.1 Å². The predicted octanol–water partition coefficient (Wildman–Crippen LogP) is 3.43. The first-order valence-electron chi connectivity index (χ1n) is 8.45. The van der Waals surface area contributed by atoms with Crippen LogP contribution in [0.3, 0.4) is 0 Å². The van der Waals surface area contributed by atoms with Crippen LogP contribution in [0.2, 0.25) is 0 Å². The molecule has 3 aromatic rings. The largest absolute Gasteiger partial charge is 0.457 e. The molecule has 0 aliphatic rings. The third kappa shape index (κ3) is 5.37. The van der Waals surface area contributed by atoms with Crippen LogP contribution < -0.4 is 10.1 Å². The lowest BCUT2D eigenvalue weighted by Crippen LogP contribution is -2.24. The highest BCUT2D eigenvalue weighted by Crippen LogP contribution is 2.21. The Hall–Kier alpha value is -3.75. The second kappa shape index (κ2) is 8.76. The van der Waals surface area contributed by atoms with Gasteiger partial charge in [0.15, 0.2) is 0 Å². The summed E-state index contributed by atoms with van der Waals surface area (Å²) in [6.07, 6.45) is 2.59. The number of rotatable bonds is 8. The van der Waals surface area contributed by atoms with Crippen molar-refractivity contribution in [3.63, 3.8) is 0 Å². The summed E-state index contributed by atoms with van der Waals surface area (Å²) in [6.45, 7) is 0.596. The molecule has 144 valence electrons. The first-order chi connectivity index (χ1) is 13.5. The second-order valence-electron chi connectivity index (χ2n) is 5.95. The van der Waals surface area contributed by atoms with E-state index in [1.807, 2.05) is 12.1 Å². The SMILES string of the molecule is O=C(CCn1cc([N+](=O)[O-])cn1)NCc1ccc(Oc2ccc(F)cc2)cc1. The normalized spacial score (nSPS) is 10.5. The minimum atomic E-state index is -0.535. The van der Waals surface area contributed by atoms with Crippen LogP contribution in [-0.2, 0) is 17.9 Å². The van der Waals surface area contributed by atoms with E-state index in [0.717, 1.165) is 11.8 Å². The topological polar surface area (TPSA) is 99.3 Å². The van der Waals surface area contributed by atoms with Crippen LogP contribution >= 0.6 is 0 Å². The Bertz CT molecular complexity index is 955. The van der Waals surface area contributed by atoms with E-state index in [0.29, 0.717) is 18.0 Å². The Morgan fingerprint density at radius 1 is 1.14 bits per heavy atom. The number of nitrogens with zero attached hydrogens (tertiary/aromatic N) is 3. The van der Waals surface area contributed by atoms with E-state index in [2.05, 4.69) is 10.4 Å². The van der Waals surface area contributed by atoms with Gasteiger partial charge in [-0.3, -0.25) is 19.6 Å². The van der Waals surface area contributed by atoms with Gasteiger partial charge in [-0.25, -0.2) is 4.39 Å². The lowest BCUT2D eigenvalue weighted by molar-refractivity contribution is -0.385. The summed E-state index contributed by atoms with van der Waals surface area (Å²) in [6, 6.07) is 12.9. The number of amides is 1. The van der Waals surface area contributed by atoms with Gasteiger partial charge in [-0.05, 0) is 42.0 Å². The molecule has 1 amide bonds. The first-order valence-corrected chi connectivity index (χ1v) is 8.45. The summed E-state index contributed by atoms with van der Waals surface area (Å²) in [5, 5.41) is 17.2. The number of aromatic nitrogens is 2. The minimum Gasteiger partial charge on any atom is -0.457 e. The summed E-state index contributed by atoms with van der Waals surface area (Å²) >= 11 is 0. The molecule has 0 aliphatic carbocycles. The fraction of sp³-hybridized carbons (Fsp3) is 0.158. The first kappa shape index (κ1) is 19.0. The Labute approximate surface area is 159 Å². The molecule has 8 nitrogen and oxygen atoms in total.